The molecule has 0 radical (unpaired) electrons. The van der Waals surface area contributed by atoms with E-state index < -0.39 is 26.5 Å². The molecule has 1 heterocycles. The molecule has 0 aliphatic heterocycles. The van der Waals surface area contributed by atoms with Crippen LogP contribution in [0.3, 0.4) is 0 Å². The zero-order valence-electron chi connectivity index (χ0n) is 9.21. The van der Waals surface area contributed by atoms with Crippen molar-refractivity contribution in [1.82, 2.24) is 3.56 Å². The third-order valence-corrected chi connectivity index (χ3v) is 5.36. The van der Waals surface area contributed by atoms with Gasteiger partial charge in [-0.15, -0.1) is 0 Å². The maximum atomic E-state index is 12.8. The van der Waals surface area contributed by atoms with Gasteiger partial charge in [0.05, 0.1) is 0 Å². The monoisotopic (exact) mass is 309 g/mol. The van der Waals surface area contributed by atoms with Gasteiger partial charge in [0.1, 0.15) is 0 Å². The zero-order chi connectivity index (χ0) is 12.8. The molecule has 2 aromatic rings. The number of nitrogens with zero attached hydrogens (tertiary/aromatic N) is 1. The van der Waals surface area contributed by atoms with Crippen molar-refractivity contribution in [3.05, 3.63) is 34.1 Å². The van der Waals surface area contributed by atoms with E-state index in [1.165, 1.54) is 15.7 Å². The van der Waals surface area contributed by atoms with Gasteiger partial charge in [-0.1, -0.05) is 0 Å². The van der Waals surface area contributed by atoms with Crippen LogP contribution in [0, 0.1) is 0 Å². The van der Waals surface area contributed by atoms with Crippen LogP contribution in [0.1, 0.15) is 25.5 Å². The van der Waals surface area contributed by atoms with E-state index in [9.17, 15) is 18.0 Å². The topological polar surface area (TPSA) is 22.0 Å². The molecular formula is C11H10F3NOSe. The SMILES string of the molecule is CC(C)n1[se]c2c(C(F)(F)F)cccc2c1=O. The molecule has 6 heteroatoms. The van der Waals surface area contributed by atoms with E-state index in [4.69, 9.17) is 0 Å². The molecule has 0 fully saturated rings. The summed E-state index contributed by atoms with van der Waals surface area (Å²) in [5.74, 6) is 0. The molecule has 0 aliphatic carbocycles. The molecule has 0 saturated carbocycles. The van der Waals surface area contributed by atoms with Gasteiger partial charge in [0.15, 0.2) is 0 Å². The zero-order valence-corrected chi connectivity index (χ0v) is 10.9. The standard InChI is InChI=1S/C11H10F3NOSe/c1-6(2)15-10(16)7-4-3-5-8(9(7)17-15)11(12,13)14/h3-6H,1-2H3. The molecule has 1 aromatic carbocycles. The molecular weight excluding hydrogens is 298 g/mol. The number of fused-ring (bicyclic) bond motifs is 1. The summed E-state index contributed by atoms with van der Waals surface area (Å²) in [4.78, 5) is 11.9. The third kappa shape index (κ3) is 2.07. The number of rotatable bonds is 1. The van der Waals surface area contributed by atoms with E-state index in [0.717, 1.165) is 6.07 Å². The molecule has 17 heavy (non-hydrogen) atoms. The molecule has 2 rings (SSSR count). The van der Waals surface area contributed by atoms with Crippen LogP contribution in [-0.2, 0) is 6.18 Å². The summed E-state index contributed by atoms with van der Waals surface area (Å²) in [6.45, 7) is 3.61. The second kappa shape index (κ2) is 4.03. The first-order valence-electron chi connectivity index (χ1n) is 5.04. The molecule has 0 bridgehead atoms. The summed E-state index contributed by atoms with van der Waals surface area (Å²) < 4.78 is 40.0. The summed E-state index contributed by atoms with van der Waals surface area (Å²) in [7, 11) is 0. The van der Waals surface area contributed by atoms with Crippen LogP contribution in [-0.4, -0.2) is 18.3 Å². The Bertz CT molecular complexity index is 609. The molecule has 0 N–H and O–H groups in total. The Morgan fingerprint density at radius 3 is 2.47 bits per heavy atom. The van der Waals surface area contributed by atoms with Crippen molar-refractivity contribution in [3.8, 4) is 0 Å². The van der Waals surface area contributed by atoms with Gasteiger partial charge in [-0.05, 0) is 0 Å². The van der Waals surface area contributed by atoms with Crippen molar-refractivity contribution in [2.75, 3.05) is 0 Å². The summed E-state index contributed by atoms with van der Waals surface area (Å²) in [5, 5.41) is 0.202. The molecule has 0 atom stereocenters. The Labute approximate surface area is 102 Å². The number of hydrogen-bond donors (Lipinski definition) is 0. The van der Waals surface area contributed by atoms with Crippen molar-refractivity contribution in [2.24, 2.45) is 0 Å². The molecule has 0 aliphatic rings. The van der Waals surface area contributed by atoms with Crippen molar-refractivity contribution in [1.29, 1.82) is 0 Å². The first-order chi connectivity index (χ1) is 7.82. The summed E-state index contributed by atoms with van der Waals surface area (Å²) in [6.07, 6.45) is -4.39. The molecule has 0 unspecified atom stereocenters. The second-order valence-electron chi connectivity index (χ2n) is 4.00. The minimum atomic E-state index is -4.39. The summed E-state index contributed by atoms with van der Waals surface area (Å²) in [6, 6.07) is 3.73. The van der Waals surface area contributed by atoms with Gasteiger partial charge in [-0.2, -0.15) is 0 Å². The summed E-state index contributed by atoms with van der Waals surface area (Å²) >= 11 is -0.577. The van der Waals surface area contributed by atoms with Gasteiger partial charge in [-0.3, -0.25) is 0 Å². The molecule has 92 valence electrons. The quantitative estimate of drug-likeness (QED) is 0.742. The average molecular weight is 308 g/mol. The Hall–Kier alpha value is -1.00. The normalized spacial score (nSPS) is 12.6. The van der Waals surface area contributed by atoms with Gasteiger partial charge in [0, 0.05) is 0 Å². The Morgan fingerprint density at radius 1 is 1.29 bits per heavy atom. The van der Waals surface area contributed by atoms with Crippen LogP contribution in [0.4, 0.5) is 13.2 Å². The molecule has 0 saturated heterocycles. The van der Waals surface area contributed by atoms with E-state index in [0.29, 0.717) is 0 Å². The molecule has 0 spiro atoms. The minimum absolute atomic E-state index is 0.0732. The Kier molecular flexibility index (Phi) is 2.95. The van der Waals surface area contributed by atoms with Crippen molar-refractivity contribution >= 4 is 24.4 Å². The Balaban J connectivity index is 2.83. The third-order valence-electron chi connectivity index (χ3n) is 2.41. The van der Waals surface area contributed by atoms with E-state index in [1.807, 2.05) is 0 Å². The van der Waals surface area contributed by atoms with E-state index in [2.05, 4.69) is 0 Å². The number of halogens is 3. The molecule has 1 aromatic heterocycles. The fraction of sp³-hybridized carbons (Fsp3) is 0.364. The number of benzene rings is 1. The van der Waals surface area contributed by atoms with Gasteiger partial charge < -0.3 is 0 Å². The van der Waals surface area contributed by atoms with Crippen molar-refractivity contribution in [2.45, 2.75) is 26.1 Å². The van der Waals surface area contributed by atoms with Gasteiger partial charge in [-0.25, -0.2) is 0 Å². The van der Waals surface area contributed by atoms with E-state index >= 15 is 0 Å². The van der Waals surface area contributed by atoms with Crippen LogP contribution >= 0.6 is 0 Å². The van der Waals surface area contributed by atoms with Gasteiger partial charge in [0.25, 0.3) is 0 Å². The predicted molar refractivity (Wildman–Crippen MR) is 60.5 cm³/mol. The fourth-order valence-electron chi connectivity index (χ4n) is 1.63. The average Bonchev–Trinajstić information content (AvgIpc) is 2.55. The second-order valence-corrected chi connectivity index (χ2v) is 6.06. The summed E-state index contributed by atoms with van der Waals surface area (Å²) in [5.41, 5.74) is -0.965. The number of alkyl halides is 3. The van der Waals surface area contributed by atoms with Crippen LogP contribution in [0.15, 0.2) is 23.0 Å². The Morgan fingerprint density at radius 2 is 1.94 bits per heavy atom. The fourth-order valence-corrected chi connectivity index (χ4v) is 3.98. The van der Waals surface area contributed by atoms with Crippen LogP contribution in [0.2, 0.25) is 0 Å². The molecule has 2 nitrogen and oxygen atoms in total. The van der Waals surface area contributed by atoms with Crippen LogP contribution in [0.25, 0.3) is 9.65 Å². The molecule has 0 amide bonds. The van der Waals surface area contributed by atoms with Crippen LogP contribution in [0.5, 0.6) is 0 Å². The first kappa shape index (κ1) is 12.5. The number of aromatic nitrogens is 1. The maximum absolute atomic E-state index is 12.8. The van der Waals surface area contributed by atoms with Gasteiger partial charge >= 0.3 is 101 Å². The predicted octanol–water partition coefficient (Wildman–Crippen LogP) is 2.66. The van der Waals surface area contributed by atoms with Crippen molar-refractivity contribution < 1.29 is 13.2 Å². The van der Waals surface area contributed by atoms with Gasteiger partial charge in [0.2, 0.25) is 0 Å². The first-order valence-corrected chi connectivity index (χ1v) is 6.66. The van der Waals surface area contributed by atoms with Crippen LogP contribution < -0.4 is 5.56 Å². The number of hydrogen-bond acceptors (Lipinski definition) is 1. The van der Waals surface area contributed by atoms with E-state index in [-0.39, 0.29) is 21.2 Å². The van der Waals surface area contributed by atoms with E-state index in [1.54, 1.807) is 13.8 Å². The van der Waals surface area contributed by atoms with Crippen molar-refractivity contribution in [3.63, 3.8) is 0 Å².